The summed E-state index contributed by atoms with van der Waals surface area (Å²) in [6.07, 6.45) is 4.56. The van der Waals surface area contributed by atoms with Gasteiger partial charge < -0.3 is 5.32 Å². The molecule has 0 unspecified atom stereocenters. The number of hydrogen-bond donors (Lipinski definition) is 2. The molecule has 106 valence electrons. The van der Waals surface area contributed by atoms with Crippen molar-refractivity contribution in [3.05, 3.63) is 36.0 Å². The molecule has 0 saturated heterocycles. The minimum Gasteiger partial charge on any atom is -0.310 e. The predicted octanol–water partition coefficient (Wildman–Crippen LogP) is 3.83. The lowest BCUT2D eigenvalue weighted by molar-refractivity contribution is 0.689. The van der Waals surface area contributed by atoms with E-state index in [1.54, 1.807) is 0 Å². The monoisotopic (exact) mass is 287 g/mol. The molecule has 20 heavy (non-hydrogen) atoms. The Morgan fingerprint density at radius 3 is 2.70 bits per heavy atom. The average molecular weight is 287 g/mol. The van der Waals surface area contributed by atoms with Crippen LogP contribution < -0.4 is 5.32 Å². The summed E-state index contributed by atoms with van der Waals surface area (Å²) in [6.45, 7) is 5.34. The average Bonchev–Trinajstić information content (AvgIpc) is 3.14. The van der Waals surface area contributed by atoms with Crippen LogP contribution in [0.3, 0.4) is 0 Å². The molecule has 2 aromatic rings. The number of benzene rings is 1. The molecule has 0 atom stereocenters. The van der Waals surface area contributed by atoms with Crippen molar-refractivity contribution in [3.8, 4) is 11.3 Å². The fourth-order valence-corrected chi connectivity index (χ4v) is 3.05. The molecule has 0 spiro atoms. The largest absolute Gasteiger partial charge is 0.310 e. The zero-order valence-corrected chi connectivity index (χ0v) is 12.8. The van der Waals surface area contributed by atoms with Crippen LogP contribution >= 0.6 is 11.8 Å². The number of H-pyrrole nitrogens is 1. The lowest BCUT2D eigenvalue weighted by atomic mass is 10.1. The highest BCUT2D eigenvalue weighted by molar-refractivity contribution is 7.99. The molecule has 0 radical (unpaired) electrons. The van der Waals surface area contributed by atoms with Crippen LogP contribution in [0, 0.1) is 0 Å². The van der Waals surface area contributed by atoms with Crippen molar-refractivity contribution >= 4 is 11.8 Å². The van der Waals surface area contributed by atoms with Gasteiger partial charge in [-0.2, -0.15) is 5.10 Å². The van der Waals surface area contributed by atoms with Gasteiger partial charge in [-0.1, -0.05) is 26.0 Å². The topological polar surface area (TPSA) is 40.7 Å². The number of nitrogens with zero attached hydrogens (tertiary/aromatic N) is 1. The summed E-state index contributed by atoms with van der Waals surface area (Å²) >= 11 is 1.89. The summed E-state index contributed by atoms with van der Waals surface area (Å²) in [6, 6.07) is 9.47. The lowest BCUT2D eigenvalue weighted by Crippen LogP contribution is -2.15. The Kier molecular flexibility index (Phi) is 4.13. The molecule has 0 aliphatic heterocycles. The Morgan fingerprint density at radius 2 is 2.05 bits per heavy atom. The summed E-state index contributed by atoms with van der Waals surface area (Å²) in [5, 5.41) is 11.5. The van der Waals surface area contributed by atoms with Crippen molar-refractivity contribution in [1.29, 1.82) is 0 Å². The maximum atomic E-state index is 4.20. The summed E-state index contributed by atoms with van der Waals surface area (Å²) in [7, 11) is 0. The van der Waals surface area contributed by atoms with E-state index in [1.165, 1.54) is 28.9 Å². The van der Waals surface area contributed by atoms with E-state index in [0.29, 0.717) is 5.25 Å². The van der Waals surface area contributed by atoms with Crippen LogP contribution in [-0.4, -0.2) is 21.5 Å². The number of aromatic amines is 1. The van der Waals surface area contributed by atoms with E-state index in [9.17, 15) is 0 Å². The van der Waals surface area contributed by atoms with E-state index in [1.807, 2.05) is 18.0 Å². The van der Waals surface area contributed by atoms with Crippen LogP contribution in [0.2, 0.25) is 0 Å². The molecule has 1 saturated carbocycles. The Balaban J connectivity index is 1.72. The second kappa shape index (κ2) is 6.02. The van der Waals surface area contributed by atoms with Gasteiger partial charge in [0.05, 0.1) is 11.9 Å². The maximum absolute atomic E-state index is 4.20. The zero-order chi connectivity index (χ0) is 13.9. The molecular formula is C16H21N3S. The first-order valence-corrected chi connectivity index (χ1v) is 8.13. The van der Waals surface area contributed by atoms with Crippen molar-refractivity contribution < 1.29 is 0 Å². The molecule has 1 fully saturated rings. The summed E-state index contributed by atoms with van der Waals surface area (Å²) in [5.74, 6) is 0. The smallest absolute Gasteiger partial charge is 0.0695 e. The third-order valence-corrected chi connectivity index (χ3v) is 4.41. The van der Waals surface area contributed by atoms with Crippen LogP contribution in [0.25, 0.3) is 11.3 Å². The predicted molar refractivity (Wildman–Crippen MR) is 84.9 cm³/mol. The first kappa shape index (κ1) is 13.7. The normalized spacial score (nSPS) is 14.9. The molecule has 0 bridgehead atoms. The fourth-order valence-electron chi connectivity index (χ4n) is 2.21. The molecule has 1 aromatic carbocycles. The van der Waals surface area contributed by atoms with Gasteiger partial charge in [0.1, 0.15) is 0 Å². The van der Waals surface area contributed by atoms with Gasteiger partial charge in [-0.05, 0) is 30.5 Å². The van der Waals surface area contributed by atoms with Crippen molar-refractivity contribution in [3.63, 3.8) is 0 Å². The third kappa shape index (κ3) is 3.44. The van der Waals surface area contributed by atoms with Gasteiger partial charge in [-0.25, -0.2) is 0 Å². The molecular weight excluding hydrogens is 266 g/mol. The highest BCUT2D eigenvalue weighted by atomic mass is 32.2. The van der Waals surface area contributed by atoms with Gasteiger partial charge in [-0.3, -0.25) is 5.10 Å². The first-order chi connectivity index (χ1) is 9.72. The second-order valence-corrected chi connectivity index (χ2v) is 7.27. The van der Waals surface area contributed by atoms with Gasteiger partial charge in [0.25, 0.3) is 0 Å². The second-order valence-electron chi connectivity index (χ2n) is 5.62. The van der Waals surface area contributed by atoms with Crippen LogP contribution in [-0.2, 0) is 6.54 Å². The molecule has 3 nitrogen and oxygen atoms in total. The maximum Gasteiger partial charge on any atom is 0.0695 e. The van der Waals surface area contributed by atoms with Crippen molar-refractivity contribution in [2.24, 2.45) is 0 Å². The first-order valence-electron chi connectivity index (χ1n) is 7.25. The Morgan fingerprint density at radius 1 is 1.30 bits per heavy atom. The molecule has 4 heteroatoms. The molecule has 1 aromatic heterocycles. The highest BCUT2D eigenvalue weighted by Crippen LogP contribution is 2.27. The van der Waals surface area contributed by atoms with Gasteiger partial charge in [-0.15, -0.1) is 11.8 Å². The zero-order valence-electron chi connectivity index (χ0n) is 12.0. The molecule has 1 aliphatic rings. The van der Waals surface area contributed by atoms with Crippen molar-refractivity contribution in [2.75, 3.05) is 0 Å². The Bertz CT molecular complexity index is 555. The van der Waals surface area contributed by atoms with E-state index >= 15 is 0 Å². The quantitative estimate of drug-likeness (QED) is 0.793. The summed E-state index contributed by atoms with van der Waals surface area (Å²) in [5.41, 5.74) is 3.60. The third-order valence-electron chi connectivity index (χ3n) is 3.39. The molecule has 2 N–H and O–H groups in total. The number of hydrogen-bond acceptors (Lipinski definition) is 3. The SMILES string of the molecule is CC(C)Sc1ccc(-c2[nH]ncc2CNC2CC2)cc1. The minimum absolute atomic E-state index is 0.617. The number of aromatic nitrogens is 2. The van der Waals surface area contributed by atoms with Crippen molar-refractivity contribution in [1.82, 2.24) is 15.5 Å². The number of thioether (sulfide) groups is 1. The highest BCUT2D eigenvalue weighted by Gasteiger charge is 2.20. The summed E-state index contributed by atoms with van der Waals surface area (Å²) in [4.78, 5) is 1.32. The number of nitrogens with one attached hydrogen (secondary N) is 2. The Hall–Kier alpha value is -1.26. The minimum atomic E-state index is 0.617. The van der Waals surface area contributed by atoms with E-state index in [0.717, 1.165) is 18.3 Å². The van der Waals surface area contributed by atoms with Gasteiger partial charge in [0.15, 0.2) is 0 Å². The molecule has 1 aliphatic carbocycles. The van der Waals surface area contributed by atoms with Gasteiger partial charge >= 0.3 is 0 Å². The van der Waals surface area contributed by atoms with E-state index < -0.39 is 0 Å². The number of rotatable bonds is 6. The van der Waals surface area contributed by atoms with E-state index in [2.05, 4.69) is 53.6 Å². The fraction of sp³-hybridized carbons (Fsp3) is 0.438. The van der Waals surface area contributed by atoms with Gasteiger partial charge in [0, 0.05) is 28.3 Å². The van der Waals surface area contributed by atoms with Gasteiger partial charge in [0.2, 0.25) is 0 Å². The molecule has 1 heterocycles. The van der Waals surface area contributed by atoms with E-state index in [4.69, 9.17) is 0 Å². The molecule has 0 amide bonds. The lowest BCUT2D eigenvalue weighted by Gasteiger charge is -2.07. The molecule has 3 rings (SSSR count). The Labute approximate surface area is 124 Å². The van der Waals surface area contributed by atoms with E-state index in [-0.39, 0.29) is 0 Å². The van der Waals surface area contributed by atoms with Crippen LogP contribution in [0.4, 0.5) is 0 Å². The van der Waals surface area contributed by atoms with Crippen molar-refractivity contribution in [2.45, 2.75) is 49.4 Å². The summed E-state index contributed by atoms with van der Waals surface area (Å²) < 4.78 is 0. The van der Waals surface area contributed by atoms with Crippen LogP contribution in [0.15, 0.2) is 35.4 Å². The van der Waals surface area contributed by atoms with Crippen LogP contribution in [0.1, 0.15) is 32.3 Å². The standard InChI is InChI=1S/C16H21N3S/c1-11(2)20-15-7-3-12(4-8-15)16-13(10-18-19-16)9-17-14-5-6-14/h3-4,7-8,10-11,14,17H,5-6,9H2,1-2H3,(H,18,19). The van der Waals surface area contributed by atoms with Crippen LogP contribution in [0.5, 0.6) is 0 Å².